The molecule has 0 aliphatic carbocycles. The summed E-state index contributed by atoms with van der Waals surface area (Å²) < 4.78 is 0. The van der Waals surface area contributed by atoms with Gasteiger partial charge in [0.1, 0.15) is 5.41 Å². The number of ketones is 1. The summed E-state index contributed by atoms with van der Waals surface area (Å²) in [5, 5.41) is 8.75. The molecule has 0 saturated heterocycles. The number of carbonyl (C=O) groups excluding carboxylic acids is 2. The van der Waals surface area contributed by atoms with Crippen LogP contribution in [0.25, 0.3) is 0 Å². The van der Waals surface area contributed by atoms with E-state index < -0.39 is 17.2 Å². The summed E-state index contributed by atoms with van der Waals surface area (Å²) >= 11 is 0. The number of rotatable bonds is 5. The SMILES string of the molecule is CCC(CC)(C(=O)O)C(=O)C=O. The normalized spacial score (nSPS) is 10.8. The van der Waals surface area contributed by atoms with Crippen molar-refractivity contribution in [1.29, 1.82) is 0 Å². The third-order valence-electron chi connectivity index (χ3n) is 2.20. The molecule has 0 spiro atoms. The zero-order valence-corrected chi connectivity index (χ0v) is 7.16. The van der Waals surface area contributed by atoms with Crippen molar-refractivity contribution in [2.75, 3.05) is 0 Å². The van der Waals surface area contributed by atoms with Crippen molar-refractivity contribution in [3.63, 3.8) is 0 Å². The van der Waals surface area contributed by atoms with Crippen LogP contribution in [0.1, 0.15) is 26.7 Å². The van der Waals surface area contributed by atoms with Gasteiger partial charge in [-0.15, -0.1) is 0 Å². The van der Waals surface area contributed by atoms with Crippen LogP contribution in [0.3, 0.4) is 0 Å². The van der Waals surface area contributed by atoms with Gasteiger partial charge in [-0.2, -0.15) is 0 Å². The van der Waals surface area contributed by atoms with Gasteiger partial charge in [0.25, 0.3) is 0 Å². The predicted octanol–water partition coefficient (Wildman–Crippen LogP) is 0.645. The summed E-state index contributed by atoms with van der Waals surface area (Å²) in [7, 11) is 0. The molecule has 0 aromatic heterocycles. The molecule has 68 valence electrons. The number of carbonyl (C=O) groups is 3. The highest BCUT2D eigenvalue weighted by atomic mass is 16.4. The maximum Gasteiger partial charge on any atom is 0.317 e. The van der Waals surface area contributed by atoms with Crippen LogP contribution in [-0.4, -0.2) is 23.1 Å². The Bertz CT molecular complexity index is 203. The van der Waals surface area contributed by atoms with E-state index in [0.29, 0.717) is 0 Å². The second-order valence-corrected chi connectivity index (χ2v) is 2.58. The van der Waals surface area contributed by atoms with E-state index in [-0.39, 0.29) is 19.1 Å². The highest BCUT2D eigenvalue weighted by Gasteiger charge is 2.42. The Morgan fingerprint density at radius 3 is 1.83 bits per heavy atom. The second kappa shape index (κ2) is 3.99. The summed E-state index contributed by atoms with van der Waals surface area (Å²) in [4.78, 5) is 31.9. The Hall–Kier alpha value is -1.19. The minimum Gasteiger partial charge on any atom is -0.480 e. The van der Waals surface area contributed by atoms with Gasteiger partial charge in [-0.3, -0.25) is 14.4 Å². The number of aldehydes is 1. The smallest absolute Gasteiger partial charge is 0.317 e. The number of aliphatic carboxylic acids is 1. The molecule has 0 aliphatic heterocycles. The van der Waals surface area contributed by atoms with Crippen molar-refractivity contribution in [3.05, 3.63) is 0 Å². The topological polar surface area (TPSA) is 71.4 Å². The number of carboxylic acid groups (broad SMARTS) is 1. The van der Waals surface area contributed by atoms with Gasteiger partial charge in [0.2, 0.25) is 5.78 Å². The lowest BCUT2D eigenvalue weighted by Crippen LogP contribution is -2.38. The van der Waals surface area contributed by atoms with Gasteiger partial charge in [-0.05, 0) is 12.8 Å². The van der Waals surface area contributed by atoms with Gasteiger partial charge in [0.05, 0.1) is 0 Å². The van der Waals surface area contributed by atoms with Crippen molar-refractivity contribution >= 4 is 18.0 Å². The Labute approximate surface area is 70.6 Å². The summed E-state index contributed by atoms with van der Waals surface area (Å²) in [6.07, 6.45) is 0.383. The molecule has 4 heteroatoms. The fourth-order valence-electron chi connectivity index (χ4n) is 1.12. The largest absolute Gasteiger partial charge is 0.480 e. The molecule has 0 saturated carbocycles. The predicted molar refractivity (Wildman–Crippen MR) is 41.7 cm³/mol. The van der Waals surface area contributed by atoms with Crippen LogP contribution in [-0.2, 0) is 14.4 Å². The zero-order valence-electron chi connectivity index (χ0n) is 7.16. The number of Topliss-reactive ketones (excluding diaryl/α,β-unsaturated/α-hetero) is 1. The molecule has 0 aromatic carbocycles. The van der Waals surface area contributed by atoms with Crippen molar-refractivity contribution in [1.82, 2.24) is 0 Å². The molecule has 1 N–H and O–H groups in total. The fraction of sp³-hybridized carbons (Fsp3) is 0.625. The molecular weight excluding hydrogens is 160 g/mol. The van der Waals surface area contributed by atoms with Crippen LogP contribution in [0, 0.1) is 5.41 Å². The van der Waals surface area contributed by atoms with Crippen LogP contribution in [0.2, 0.25) is 0 Å². The van der Waals surface area contributed by atoms with E-state index in [0.717, 1.165) is 0 Å². The van der Waals surface area contributed by atoms with Crippen LogP contribution < -0.4 is 0 Å². The molecule has 4 nitrogen and oxygen atoms in total. The van der Waals surface area contributed by atoms with E-state index in [1.54, 1.807) is 13.8 Å². The van der Waals surface area contributed by atoms with Gasteiger partial charge in [0.15, 0.2) is 6.29 Å². The average Bonchev–Trinajstić information content (AvgIpc) is 2.06. The van der Waals surface area contributed by atoms with E-state index in [1.807, 2.05) is 0 Å². The van der Waals surface area contributed by atoms with Crippen molar-refractivity contribution in [2.45, 2.75) is 26.7 Å². The van der Waals surface area contributed by atoms with E-state index in [2.05, 4.69) is 0 Å². The fourth-order valence-corrected chi connectivity index (χ4v) is 1.12. The molecule has 0 rings (SSSR count). The molecule has 0 aliphatic rings. The number of carboxylic acids is 1. The van der Waals surface area contributed by atoms with Gasteiger partial charge in [0, 0.05) is 0 Å². The first kappa shape index (κ1) is 10.8. The van der Waals surface area contributed by atoms with Gasteiger partial charge in [-0.25, -0.2) is 0 Å². The molecule has 0 heterocycles. The molecule has 0 atom stereocenters. The Kier molecular flexibility index (Phi) is 3.60. The van der Waals surface area contributed by atoms with Crippen LogP contribution in [0.5, 0.6) is 0 Å². The lowest BCUT2D eigenvalue weighted by molar-refractivity contribution is -0.157. The van der Waals surface area contributed by atoms with Crippen molar-refractivity contribution < 1.29 is 19.5 Å². The maximum absolute atomic E-state index is 11.0. The molecule has 0 amide bonds. The molecule has 0 fully saturated rings. The Morgan fingerprint density at radius 1 is 1.33 bits per heavy atom. The maximum atomic E-state index is 11.0. The molecule has 0 bridgehead atoms. The minimum absolute atomic E-state index is 0.0844. The van der Waals surface area contributed by atoms with Crippen molar-refractivity contribution in [2.24, 2.45) is 5.41 Å². The molecular formula is C8H12O4. The first-order chi connectivity index (χ1) is 5.55. The summed E-state index contributed by atoms with van der Waals surface area (Å²) in [5.74, 6) is -2.07. The van der Waals surface area contributed by atoms with Crippen molar-refractivity contribution in [3.8, 4) is 0 Å². The van der Waals surface area contributed by atoms with Crippen LogP contribution >= 0.6 is 0 Å². The third kappa shape index (κ3) is 1.52. The Balaban J connectivity index is 4.94. The standard InChI is InChI=1S/C8H12O4/c1-3-8(4-2,7(11)12)6(10)5-9/h5H,3-4H2,1-2H3,(H,11,12). The quantitative estimate of drug-likeness (QED) is 0.375. The van der Waals surface area contributed by atoms with Crippen LogP contribution in [0.15, 0.2) is 0 Å². The van der Waals surface area contributed by atoms with E-state index in [1.165, 1.54) is 0 Å². The number of hydrogen-bond acceptors (Lipinski definition) is 3. The third-order valence-corrected chi connectivity index (χ3v) is 2.20. The van der Waals surface area contributed by atoms with E-state index >= 15 is 0 Å². The lowest BCUT2D eigenvalue weighted by Gasteiger charge is -2.21. The Morgan fingerprint density at radius 2 is 1.75 bits per heavy atom. The van der Waals surface area contributed by atoms with Crippen LogP contribution in [0.4, 0.5) is 0 Å². The highest BCUT2D eigenvalue weighted by molar-refractivity contribution is 6.32. The van der Waals surface area contributed by atoms with Gasteiger partial charge >= 0.3 is 5.97 Å². The zero-order chi connectivity index (χ0) is 9.78. The lowest BCUT2D eigenvalue weighted by atomic mass is 9.79. The number of hydrogen-bond donors (Lipinski definition) is 1. The summed E-state index contributed by atoms with van der Waals surface area (Å²) in [6, 6.07) is 0. The summed E-state index contributed by atoms with van der Waals surface area (Å²) in [5.41, 5.74) is -1.50. The first-order valence-electron chi connectivity index (χ1n) is 3.78. The highest BCUT2D eigenvalue weighted by Crippen LogP contribution is 2.26. The first-order valence-corrected chi connectivity index (χ1v) is 3.78. The summed E-state index contributed by atoms with van der Waals surface area (Å²) in [6.45, 7) is 3.16. The van der Waals surface area contributed by atoms with E-state index in [9.17, 15) is 14.4 Å². The molecule has 0 unspecified atom stereocenters. The second-order valence-electron chi connectivity index (χ2n) is 2.58. The van der Waals surface area contributed by atoms with Gasteiger partial charge in [-0.1, -0.05) is 13.8 Å². The average molecular weight is 172 g/mol. The minimum atomic E-state index is -1.50. The van der Waals surface area contributed by atoms with E-state index in [4.69, 9.17) is 5.11 Å². The monoisotopic (exact) mass is 172 g/mol. The van der Waals surface area contributed by atoms with Gasteiger partial charge < -0.3 is 5.11 Å². The molecule has 0 aromatic rings. The molecule has 12 heavy (non-hydrogen) atoms. The molecule has 0 radical (unpaired) electrons.